The van der Waals surface area contributed by atoms with Crippen LogP contribution in [0.3, 0.4) is 0 Å². The van der Waals surface area contributed by atoms with Crippen LogP contribution in [-0.4, -0.2) is 36.9 Å². The summed E-state index contributed by atoms with van der Waals surface area (Å²) in [4.78, 5) is 35.9. The third-order valence-electron chi connectivity index (χ3n) is 3.09. The summed E-state index contributed by atoms with van der Waals surface area (Å²) < 4.78 is 10.8. The maximum Gasteiger partial charge on any atom is 0.325 e. The van der Waals surface area contributed by atoms with Gasteiger partial charge in [0.05, 0.1) is 15.3 Å². The van der Waals surface area contributed by atoms with Gasteiger partial charge in [-0.2, -0.15) is 0 Å². The topological polar surface area (TPSA) is 81.7 Å². The summed E-state index contributed by atoms with van der Waals surface area (Å²) in [7, 11) is 0. The number of hydrogen-bond acceptors (Lipinski definition) is 6. The van der Waals surface area contributed by atoms with E-state index in [2.05, 4.69) is 5.32 Å². The maximum atomic E-state index is 12.0. The predicted octanol–water partition coefficient (Wildman–Crippen LogP) is 3.34. The van der Waals surface area contributed by atoms with Crippen molar-refractivity contribution in [2.24, 2.45) is 0 Å². The molecule has 1 aromatic heterocycles. The van der Waals surface area contributed by atoms with Crippen LogP contribution in [0, 0.1) is 0 Å². The summed E-state index contributed by atoms with van der Waals surface area (Å²) in [6.45, 7) is 3.09. The molecule has 0 spiro atoms. The smallest absolute Gasteiger partial charge is 0.325 e. The highest BCUT2D eigenvalue weighted by atomic mass is 35.5. The van der Waals surface area contributed by atoms with Crippen molar-refractivity contribution in [3.05, 3.63) is 51.2 Å². The molecule has 0 atom stereocenters. The quantitative estimate of drug-likeness (QED) is 0.547. The van der Waals surface area contributed by atoms with Crippen molar-refractivity contribution in [3.63, 3.8) is 0 Å². The first-order valence-corrected chi connectivity index (χ1v) is 9.03. The summed E-state index contributed by atoms with van der Waals surface area (Å²) >= 11 is 6.86. The second kappa shape index (κ2) is 9.35. The Labute approximate surface area is 160 Å². The number of rotatable bonds is 8. The summed E-state index contributed by atoms with van der Waals surface area (Å²) in [6.07, 6.45) is 0.0392. The minimum absolute atomic E-state index is 0.0392. The zero-order chi connectivity index (χ0) is 19.1. The molecule has 0 aliphatic rings. The van der Waals surface area contributed by atoms with Gasteiger partial charge >= 0.3 is 5.97 Å². The number of ether oxygens (including phenoxy) is 2. The van der Waals surface area contributed by atoms with Crippen LogP contribution in [0.25, 0.3) is 0 Å². The normalized spacial score (nSPS) is 10.5. The maximum absolute atomic E-state index is 12.0. The zero-order valence-corrected chi connectivity index (χ0v) is 15.9. The van der Waals surface area contributed by atoms with Gasteiger partial charge in [0.2, 0.25) is 5.78 Å². The van der Waals surface area contributed by atoms with Crippen molar-refractivity contribution in [1.82, 2.24) is 5.32 Å². The number of hydrogen-bond donors (Lipinski definition) is 1. The molecule has 1 amide bonds. The Kier molecular flexibility index (Phi) is 7.17. The molecule has 0 fully saturated rings. The number of benzene rings is 1. The van der Waals surface area contributed by atoms with Crippen molar-refractivity contribution in [3.8, 4) is 5.75 Å². The second-order valence-corrected chi connectivity index (χ2v) is 7.28. The Morgan fingerprint density at radius 3 is 2.38 bits per heavy atom. The molecule has 8 heteroatoms. The molecule has 1 heterocycles. The Morgan fingerprint density at radius 1 is 1.12 bits per heavy atom. The second-order valence-electron chi connectivity index (χ2n) is 5.56. The van der Waals surface area contributed by atoms with Gasteiger partial charge in [-0.15, -0.1) is 11.3 Å². The molecule has 0 bridgehead atoms. The number of esters is 1. The molecule has 0 saturated carbocycles. The highest BCUT2D eigenvalue weighted by Gasteiger charge is 2.13. The van der Waals surface area contributed by atoms with Crippen LogP contribution >= 0.6 is 22.9 Å². The molecule has 0 aliphatic heterocycles. The number of Topliss-reactive ketones (excluding diaryl/α,β-unsaturated/α-hetero) is 1. The third kappa shape index (κ3) is 6.16. The number of amides is 1. The van der Waals surface area contributed by atoms with E-state index >= 15 is 0 Å². The molecule has 26 heavy (non-hydrogen) atoms. The van der Waals surface area contributed by atoms with Gasteiger partial charge in [0.15, 0.2) is 6.61 Å². The van der Waals surface area contributed by atoms with E-state index in [4.69, 9.17) is 21.1 Å². The number of nitrogens with one attached hydrogen (secondary N) is 1. The van der Waals surface area contributed by atoms with Crippen molar-refractivity contribution in [1.29, 1.82) is 0 Å². The van der Waals surface area contributed by atoms with E-state index in [1.165, 1.54) is 0 Å². The Bertz CT molecular complexity index is 785. The number of carbonyl (C=O) groups excluding carboxylic acids is 3. The summed E-state index contributed by atoms with van der Waals surface area (Å²) in [5, 5.41) is 2.44. The number of ketones is 1. The first kappa shape index (κ1) is 19.9. The van der Waals surface area contributed by atoms with Gasteiger partial charge in [-0.3, -0.25) is 14.4 Å². The van der Waals surface area contributed by atoms with E-state index in [0.29, 0.717) is 20.5 Å². The lowest BCUT2D eigenvalue weighted by Gasteiger charge is -2.10. The van der Waals surface area contributed by atoms with Gasteiger partial charge in [-0.25, -0.2) is 0 Å². The lowest BCUT2D eigenvalue weighted by atomic mass is 10.2. The molecule has 2 rings (SSSR count). The van der Waals surface area contributed by atoms with E-state index < -0.39 is 18.5 Å². The summed E-state index contributed by atoms with van der Waals surface area (Å²) in [5.74, 6) is -0.811. The van der Waals surface area contributed by atoms with E-state index in [1.54, 1.807) is 36.4 Å². The van der Waals surface area contributed by atoms with Gasteiger partial charge < -0.3 is 14.8 Å². The summed E-state index contributed by atoms with van der Waals surface area (Å²) in [6, 6.07) is 9.72. The van der Waals surface area contributed by atoms with Crippen molar-refractivity contribution >= 4 is 40.6 Å². The van der Waals surface area contributed by atoms with Gasteiger partial charge in [0, 0.05) is 5.56 Å². The van der Waals surface area contributed by atoms with Crippen molar-refractivity contribution in [2.45, 2.75) is 20.0 Å². The molecule has 1 N–H and O–H groups in total. The van der Waals surface area contributed by atoms with Gasteiger partial charge in [-0.1, -0.05) is 11.6 Å². The van der Waals surface area contributed by atoms with Gasteiger partial charge in [0.1, 0.15) is 12.3 Å². The standard InChI is InChI=1S/C18H18ClNO5S/c1-11(2)25-13-5-3-12(4-6-13)18(23)20-9-17(22)24-10-14(21)15-7-8-16(19)26-15/h3-8,11H,9-10H2,1-2H3,(H,20,23). The molecule has 0 unspecified atom stereocenters. The van der Waals surface area contributed by atoms with E-state index in [9.17, 15) is 14.4 Å². The molecule has 0 aliphatic carbocycles. The zero-order valence-electron chi connectivity index (χ0n) is 14.3. The Morgan fingerprint density at radius 2 is 1.81 bits per heavy atom. The fraction of sp³-hybridized carbons (Fsp3) is 0.278. The van der Waals surface area contributed by atoms with Crippen molar-refractivity contribution < 1.29 is 23.9 Å². The average molecular weight is 396 g/mol. The highest BCUT2D eigenvalue weighted by molar-refractivity contribution is 7.18. The minimum Gasteiger partial charge on any atom is -0.491 e. The summed E-state index contributed by atoms with van der Waals surface area (Å²) in [5.41, 5.74) is 0.387. The molecular weight excluding hydrogens is 378 g/mol. The van der Waals surface area contributed by atoms with Crippen LogP contribution in [0.5, 0.6) is 5.75 Å². The number of halogens is 1. The van der Waals surface area contributed by atoms with Crippen LogP contribution in [0.1, 0.15) is 33.9 Å². The number of carbonyl (C=O) groups is 3. The van der Waals surface area contributed by atoms with Gasteiger partial charge in [-0.05, 0) is 50.2 Å². The van der Waals surface area contributed by atoms with Crippen LogP contribution in [0.2, 0.25) is 4.34 Å². The largest absolute Gasteiger partial charge is 0.491 e. The lowest BCUT2D eigenvalue weighted by molar-refractivity contribution is -0.141. The third-order valence-corrected chi connectivity index (χ3v) is 4.37. The van der Waals surface area contributed by atoms with Crippen LogP contribution < -0.4 is 10.1 Å². The Hall–Kier alpha value is -2.38. The molecule has 138 valence electrons. The van der Waals surface area contributed by atoms with Gasteiger partial charge in [0.25, 0.3) is 5.91 Å². The first-order valence-electron chi connectivity index (χ1n) is 7.84. The SMILES string of the molecule is CC(C)Oc1ccc(C(=O)NCC(=O)OCC(=O)c2ccc(Cl)s2)cc1. The lowest BCUT2D eigenvalue weighted by Crippen LogP contribution is -2.31. The average Bonchev–Trinajstić information content (AvgIpc) is 3.04. The fourth-order valence-corrected chi connectivity index (χ4v) is 2.91. The molecule has 6 nitrogen and oxygen atoms in total. The monoisotopic (exact) mass is 395 g/mol. The van der Waals surface area contributed by atoms with E-state index in [0.717, 1.165) is 11.3 Å². The Balaban J connectivity index is 1.76. The minimum atomic E-state index is -0.700. The molecule has 0 saturated heterocycles. The van der Waals surface area contributed by atoms with Crippen LogP contribution in [0.4, 0.5) is 0 Å². The molecule has 1 aromatic carbocycles. The van der Waals surface area contributed by atoms with E-state index in [1.807, 2.05) is 13.8 Å². The molecule has 0 radical (unpaired) electrons. The van der Waals surface area contributed by atoms with Crippen molar-refractivity contribution in [2.75, 3.05) is 13.2 Å². The van der Waals surface area contributed by atoms with E-state index in [-0.39, 0.29) is 18.4 Å². The van der Waals surface area contributed by atoms with Crippen LogP contribution in [0.15, 0.2) is 36.4 Å². The molecular formula is C18H18ClNO5S. The molecule has 2 aromatic rings. The highest BCUT2D eigenvalue weighted by Crippen LogP contribution is 2.21. The fourth-order valence-electron chi connectivity index (χ4n) is 1.94. The predicted molar refractivity (Wildman–Crippen MR) is 99.2 cm³/mol. The number of thiophene rings is 1. The first-order chi connectivity index (χ1) is 12.3. The van der Waals surface area contributed by atoms with Crippen LogP contribution in [-0.2, 0) is 9.53 Å².